The fraction of sp³-hybridized carbons (Fsp3) is 0.923. The van der Waals surface area contributed by atoms with Crippen LogP contribution in [0.4, 0.5) is 17.3 Å². The average molecular weight is 296 g/mol. The van der Waals surface area contributed by atoms with Crippen LogP contribution in [0.25, 0.3) is 0 Å². The molecule has 2 fully saturated rings. The molecule has 0 aromatic carbocycles. The van der Waals surface area contributed by atoms with Gasteiger partial charge in [0.15, 0.2) is 0 Å². The Hall–Kier alpha value is -0.745. The number of hydrogen-bond acceptors (Lipinski definition) is 0. The highest BCUT2D eigenvalue weighted by Gasteiger charge is 2.34. The molecule has 0 aromatic heterocycles. The normalized spacial score (nSPS) is 34.0. The van der Waals surface area contributed by atoms with Gasteiger partial charge in [0.1, 0.15) is 0 Å². The number of hydrogen-bond donors (Lipinski definition) is 0. The Morgan fingerprint density at radius 3 is 1.55 bits per heavy atom. The minimum atomic E-state index is -6.00. The van der Waals surface area contributed by atoms with Crippen LogP contribution in [0, 0.1) is 0 Å². The van der Waals surface area contributed by atoms with E-state index in [1.807, 2.05) is 0 Å². The quantitative estimate of drug-likeness (QED) is 0.309. The molecule has 0 radical (unpaired) electrons. The molecule has 7 heteroatoms. The van der Waals surface area contributed by atoms with Crippen molar-refractivity contribution in [2.75, 3.05) is 0 Å². The van der Waals surface area contributed by atoms with Gasteiger partial charge in [0, 0.05) is 0 Å². The number of rotatable bonds is 1. The van der Waals surface area contributed by atoms with Crippen molar-refractivity contribution in [3.8, 4) is 0 Å². The van der Waals surface area contributed by atoms with Crippen LogP contribution in [0.1, 0.15) is 53.4 Å². The number of likely N-dealkylation sites (tertiary alicyclic amines) is 1. The van der Waals surface area contributed by atoms with Gasteiger partial charge in [0.05, 0.1) is 24.2 Å². The molecule has 0 spiro atoms. The van der Waals surface area contributed by atoms with Crippen molar-refractivity contribution < 1.29 is 21.8 Å². The van der Waals surface area contributed by atoms with Crippen molar-refractivity contribution in [2.45, 2.75) is 77.5 Å². The molecule has 2 saturated heterocycles. The zero-order valence-corrected chi connectivity index (χ0v) is 12.7. The van der Waals surface area contributed by atoms with Gasteiger partial charge in [0.25, 0.3) is 0 Å². The average Bonchev–Trinajstić information content (AvgIpc) is 2.76. The molecule has 20 heavy (non-hydrogen) atoms. The lowest BCUT2D eigenvalue weighted by Gasteiger charge is -2.20. The van der Waals surface area contributed by atoms with E-state index in [9.17, 15) is 17.3 Å². The second-order valence-corrected chi connectivity index (χ2v) is 6.06. The Kier molecular flexibility index (Phi) is 5.89. The van der Waals surface area contributed by atoms with Gasteiger partial charge in [-0.05, 0) is 53.4 Å². The van der Waals surface area contributed by atoms with Gasteiger partial charge < -0.3 is 17.3 Å². The van der Waals surface area contributed by atoms with Crippen molar-refractivity contribution in [1.29, 1.82) is 0 Å². The minimum absolute atomic E-state index is 0.736. The summed E-state index contributed by atoms with van der Waals surface area (Å²) in [5.74, 6) is 0. The molecule has 0 N–H and O–H groups in total. The SMILES string of the molecule is C[C@H]1CC[C@H](C)N1C=[N+]1[C@@H](C)CC[C@@H]1C.F[B-](F)(F)F. The predicted molar refractivity (Wildman–Crippen MR) is 74.7 cm³/mol. The summed E-state index contributed by atoms with van der Waals surface area (Å²) in [7, 11) is -6.00. The molecule has 0 aliphatic carbocycles. The fourth-order valence-electron chi connectivity index (χ4n) is 3.04. The van der Waals surface area contributed by atoms with Crippen LogP contribution in [0.5, 0.6) is 0 Å². The van der Waals surface area contributed by atoms with Gasteiger partial charge in [-0.1, -0.05) is 0 Å². The molecule has 0 bridgehead atoms. The highest BCUT2D eigenvalue weighted by Crippen LogP contribution is 2.24. The van der Waals surface area contributed by atoms with Crippen LogP contribution in [0.2, 0.25) is 0 Å². The van der Waals surface area contributed by atoms with E-state index in [2.05, 4.69) is 43.5 Å². The summed E-state index contributed by atoms with van der Waals surface area (Å²) in [6.07, 6.45) is 7.84. The zero-order valence-electron chi connectivity index (χ0n) is 12.7. The van der Waals surface area contributed by atoms with E-state index in [-0.39, 0.29) is 0 Å². The summed E-state index contributed by atoms with van der Waals surface area (Å²) in [5.41, 5.74) is 0. The maximum Gasteiger partial charge on any atom is 0.673 e. The molecule has 118 valence electrons. The molecule has 2 rings (SSSR count). The first kappa shape index (κ1) is 17.3. The van der Waals surface area contributed by atoms with E-state index in [0.29, 0.717) is 0 Å². The lowest BCUT2D eigenvalue weighted by molar-refractivity contribution is -0.571. The Bertz CT molecular complexity index is 318. The Morgan fingerprint density at radius 2 is 1.20 bits per heavy atom. The topological polar surface area (TPSA) is 6.25 Å². The number of halogens is 4. The smallest absolute Gasteiger partial charge is 0.418 e. The summed E-state index contributed by atoms with van der Waals surface area (Å²) < 4.78 is 41.6. The molecule has 2 aliphatic rings. The Balaban J connectivity index is 0.000000347. The molecule has 0 saturated carbocycles. The lowest BCUT2D eigenvalue weighted by Crippen LogP contribution is -2.38. The summed E-state index contributed by atoms with van der Waals surface area (Å²) >= 11 is 0. The Labute approximate surface area is 118 Å². The van der Waals surface area contributed by atoms with Crippen LogP contribution >= 0.6 is 0 Å². The van der Waals surface area contributed by atoms with E-state index in [0.717, 1.165) is 24.2 Å². The largest absolute Gasteiger partial charge is 0.673 e. The van der Waals surface area contributed by atoms with Crippen LogP contribution in [0.15, 0.2) is 0 Å². The standard InChI is InChI=1S/C13H25N2.BF4/c1-10-5-6-11(2)14(10)9-15-12(3)7-8-13(15)4;2-1(3,4)5/h9-13H,5-8H2,1-4H3;/q+1;-1/t10-,11-,12-,13-;/m0./s1. The van der Waals surface area contributed by atoms with Crippen LogP contribution in [-0.4, -0.2) is 47.2 Å². The first-order valence-electron chi connectivity index (χ1n) is 7.36. The van der Waals surface area contributed by atoms with Gasteiger partial charge in [0.2, 0.25) is 6.34 Å². The third kappa shape index (κ3) is 5.33. The molecule has 4 atom stereocenters. The molecular formula is C13H25BF4N2. The van der Waals surface area contributed by atoms with E-state index >= 15 is 0 Å². The van der Waals surface area contributed by atoms with Crippen molar-refractivity contribution in [1.82, 2.24) is 4.90 Å². The highest BCUT2D eigenvalue weighted by atomic mass is 19.5. The highest BCUT2D eigenvalue weighted by molar-refractivity contribution is 6.50. The third-order valence-corrected chi connectivity index (χ3v) is 4.31. The first-order valence-corrected chi connectivity index (χ1v) is 7.36. The van der Waals surface area contributed by atoms with Gasteiger partial charge in [-0.3, -0.25) is 9.48 Å². The molecule has 2 heterocycles. The first-order chi connectivity index (χ1) is 9.09. The molecule has 0 unspecified atom stereocenters. The number of nitrogens with zero attached hydrogens (tertiary/aromatic N) is 2. The van der Waals surface area contributed by atoms with Crippen LogP contribution < -0.4 is 0 Å². The van der Waals surface area contributed by atoms with E-state index in [1.165, 1.54) is 25.7 Å². The predicted octanol–water partition coefficient (Wildman–Crippen LogP) is 3.77. The monoisotopic (exact) mass is 296 g/mol. The molecule has 2 aliphatic heterocycles. The maximum atomic E-state index is 9.75. The minimum Gasteiger partial charge on any atom is -0.418 e. The van der Waals surface area contributed by atoms with Crippen LogP contribution in [0.3, 0.4) is 0 Å². The zero-order chi connectivity index (χ0) is 15.5. The van der Waals surface area contributed by atoms with Crippen molar-refractivity contribution >= 4 is 13.6 Å². The summed E-state index contributed by atoms with van der Waals surface area (Å²) in [6.45, 7) is 9.41. The van der Waals surface area contributed by atoms with Gasteiger partial charge in [-0.2, -0.15) is 0 Å². The summed E-state index contributed by atoms with van der Waals surface area (Å²) in [6, 6.07) is 2.94. The molecule has 0 amide bonds. The van der Waals surface area contributed by atoms with Gasteiger partial charge >= 0.3 is 7.25 Å². The molecule has 2 nitrogen and oxygen atoms in total. The molecule has 0 aromatic rings. The fourth-order valence-corrected chi connectivity index (χ4v) is 3.04. The second-order valence-electron chi connectivity index (χ2n) is 6.06. The van der Waals surface area contributed by atoms with Crippen molar-refractivity contribution in [3.05, 3.63) is 0 Å². The molecular weight excluding hydrogens is 271 g/mol. The summed E-state index contributed by atoms with van der Waals surface area (Å²) in [5, 5.41) is 0. The van der Waals surface area contributed by atoms with Gasteiger partial charge in [-0.25, -0.2) is 0 Å². The lowest BCUT2D eigenvalue weighted by atomic mass is 10.2. The van der Waals surface area contributed by atoms with Gasteiger partial charge in [-0.15, -0.1) is 0 Å². The van der Waals surface area contributed by atoms with E-state index < -0.39 is 7.25 Å². The third-order valence-electron chi connectivity index (χ3n) is 4.31. The van der Waals surface area contributed by atoms with Crippen LogP contribution in [-0.2, 0) is 0 Å². The summed E-state index contributed by atoms with van der Waals surface area (Å²) in [4.78, 5) is 2.57. The van der Waals surface area contributed by atoms with Crippen molar-refractivity contribution in [3.63, 3.8) is 0 Å². The van der Waals surface area contributed by atoms with Crippen molar-refractivity contribution in [2.24, 2.45) is 0 Å². The Morgan fingerprint density at radius 1 is 0.850 bits per heavy atom. The van der Waals surface area contributed by atoms with E-state index in [4.69, 9.17) is 0 Å². The van der Waals surface area contributed by atoms with E-state index in [1.54, 1.807) is 0 Å². The second kappa shape index (κ2) is 6.81. The maximum absolute atomic E-state index is 9.75.